The summed E-state index contributed by atoms with van der Waals surface area (Å²) in [5.74, 6) is -6.94. The first kappa shape index (κ1) is 49.9. The van der Waals surface area contributed by atoms with Gasteiger partial charge >= 0.3 is 23.9 Å². The van der Waals surface area contributed by atoms with Crippen LogP contribution in [0.25, 0.3) is 0 Å². The number of non-ortho nitro benzene ring substituents is 1. The molecule has 7 atom stereocenters. The van der Waals surface area contributed by atoms with Crippen LogP contribution in [0.2, 0.25) is 0 Å². The minimum Gasteiger partial charge on any atom is -0.463 e. The fourth-order valence-corrected chi connectivity index (χ4v) is 5.71. The number of carbonyl (C=O) groups excluding carboxylic acids is 9. The van der Waals surface area contributed by atoms with Crippen molar-refractivity contribution in [2.75, 3.05) is 13.2 Å². The molecule has 1 aliphatic rings. The Bertz CT molecular complexity index is 1750. The third-order valence-electron chi connectivity index (χ3n) is 8.57. The summed E-state index contributed by atoms with van der Waals surface area (Å²) < 4.78 is 27.1. The Kier molecular flexibility index (Phi) is 19.5. The number of carbonyl (C=O) groups is 9. The molecule has 60 heavy (non-hydrogen) atoms. The Labute approximate surface area is 345 Å². The zero-order valence-electron chi connectivity index (χ0n) is 34.4. The minimum atomic E-state index is -1.77. The maximum Gasteiger partial charge on any atom is 0.336 e. The molecule has 0 spiro atoms. The molecule has 23 heteroatoms. The summed E-state index contributed by atoms with van der Waals surface area (Å²) in [6.07, 6.45) is -5.60. The molecule has 2 rings (SSSR count). The Balaban J connectivity index is 2.34. The number of esters is 4. The second-order valence-corrected chi connectivity index (χ2v) is 14.3. The summed E-state index contributed by atoms with van der Waals surface area (Å²) >= 11 is 0. The maximum absolute atomic E-state index is 13.7. The highest BCUT2D eigenvalue weighted by molar-refractivity contribution is 5.94. The van der Waals surface area contributed by atoms with Crippen LogP contribution in [0.1, 0.15) is 80.6 Å². The van der Waals surface area contributed by atoms with E-state index in [9.17, 15) is 53.3 Å². The van der Waals surface area contributed by atoms with Gasteiger partial charge in [0.1, 0.15) is 36.1 Å². The second kappa shape index (κ2) is 23.4. The second-order valence-electron chi connectivity index (χ2n) is 14.3. The summed E-state index contributed by atoms with van der Waals surface area (Å²) in [6, 6.07) is 0.583. The van der Waals surface area contributed by atoms with Gasteiger partial charge in [-0.15, -0.1) is 0 Å². The Hall–Kier alpha value is -6.23. The molecule has 0 aromatic heterocycles. The third-order valence-corrected chi connectivity index (χ3v) is 8.57. The van der Waals surface area contributed by atoms with Crippen molar-refractivity contribution < 1.29 is 71.8 Å². The first-order chi connectivity index (χ1) is 28.0. The molecular weight excluding hydrogens is 798 g/mol. The van der Waals surface area contributed by atoms with E-state index in [2.05, 4.69) is 26.6 Å². The van der Waals surface area contributed by atoms with E-state index in [1.165, 1.54) is 32.9 Å². The van der Waals surface area contributed by atoms with Crippen molar-refractivity contribution in [2.24, 2.45) is 5.73 Å². The number of nitrogens with two attached hydrogens (primary N) is 1. The van der Waals surface area contributed by atoms with Gasteiger partial charge in [0, 0.05) is 59.7 Å². The van der Waals surface area contributed by atoms with E-state index in [-0.39, 0.29) is 23.8 Å². The first-order valence-electron chi connectivity index (χ1n) is 18.8. The number of nitrogens with zero attached hydrogens (tertiary/aromatic N) is 1. The van der Waals surface area contributed by atoms with Gasteiger partial charge in [-0.2, -0.15) is 0 Å². The van der Waals surface area contributed by atoms with E-state index in [0.29, 0.717) is 19.4 Å². The van der Waals surface area contributed by atoms with Crippen LogP contribution in [0.5, 0.6) is 5.75 Å². The zero-order valence-corrected chi connectivity index (χ0v) is 34.4. The number of hydrogen-bond donors (Lipinski definition) is 6. The highest BCUT2D eigenvalue weighted by atomic mass is 16.6. The number of nitro groups is 1. The minimum absolute atomic E-state index is 0.0633. The monoisotopic (exact) mass is 851 g/mol. The molecule has 332 valence electrons. The van der Waals surface area contributed by atoms with Gasteiger partial charge in [-0.25, -0.2) is 4.79 Å². The molecular formula is C37H53N7O16. The summed E-state index contributed by atoms with van der Waals surface area (Å²) in [5.41, 5.74) is 4.08. The average molecular weight is 852 g/mol. The molecule has 0 radical (unpaired) electrons. The average Bonchev–Trinajstić information content (AvgIpc) is 3.13. The molecule has 1 aliphatic heterocycles. The number of rotatable bonds is 21. The Morgan fingerprint density at radius 2 is 1.45 bits per heavy atom. The van der Waals surface area contributed by atoms with Crippen molar-refractivity contribution in [3.8, 4) is 5.75 Å². The van der Waals surface area contributed by atoms with Crippen LogP contribution in [0.4, 0.5) is 5.69 Å². The van der Waals surface area contributed by atoms with Gasteiger partial charge in [-0.05, 0) is 51.7 Å². The van der Waals surface area contributed by atoms with Gasteiger partial charge in [0.25, 0.3) is 5.69 Å². The van der Waals surface area contributed by atoms with Crippen LogP contribution in [0, 0.1) is 10.1 Å². The van der Waals surface area contributed by atoms with Crippen molar-refractivity contribution in [2.45, 2.75) is 129 Å². The van der Waals surface area contributed by atoms with Gasteiger partial charge in [-0.1, -0.05) is 0 Å². The fraction of sp³-hybridized carbons (Fsp3) is 0.595. The van der Waals surface area contributed by atoms with Crippen LogP contribution >= 0.6 is 0 Å². The van der Waals surface area contributed by atoms with Gasteiger partial charge < -0.3 is 56.0 Å². The van der Waals surface area contributed by atoms with Crippen molar-refractivity contribution >= 4 is 59.1 Å². The first-order valence-corrected chi connectivity index (χ1v) is 18.8. The number of hydrogen-bond acceptors (Lipinski definition) is 17. The van der Waals surface area contributed by atoms with E-state index in [1.54, 1.807) is 0 Å². The lowest BCUT2D eigenvalue weighted by Crippen LogP contribution is -2.69. The van der Waals surface area contributed by atoms with Crippen molar-refractivity contribution in [3.63, 3.8) is 0 Å². The fourth-order valence-electron chi connectivity index (χ4n) is 5.71. The SMILES string of the molecule is CC(=O)NCCCC[C@H](N)C(=O)N[C@@H](CCC(=O)N[C@@H]1O[C@H](COC(C)=O)[C@@H](OC(C)=O)[C@H](OC(C)=O)[C@H]1NC(C)=O)C(=O)NC(C)(C)C(=O)Oc1ccc([N+](=O)[O-])cc1. The Morgan fingerprint density at radius 3 is 2.00 bits per heavy atom. The smallest absolute Gasteiger partial charge is 0.336 e. The topological polar surface area (TPSA) is 329 Å². The number of amides is 5. The maximum atomic E-state index is 13.7. The summed E-state index contributed by atoms with van der Waals surface area (Å²) in [6.45, 7) is 8.09. The highest BCUT2D eigenvalue weighted by Crippen LogP contribution is 2.27. The van der Waals surface area contributed by atoms with E-state index >= 15 is 0 Å². The van der Waals surface area contributed by atoms with Gasteiger partial charge in [0.2, 0.25) is 29.5 Å². The molecule has 1 aromatic carbocycles. The van der Waals surface area contributed by atoms with E-state index in [0.717, 1.165) is 39.8 Å². The molecule has 5 amide bonds. The van der Waals surface area contributed by atoms with Crippen LogP contribution < -0.4 is 37.1 Å². The molecule has 0 unspecified atom stereocenters. The van der Waals surface area contributed by atoms with Crippen molar-refractivity contribution in [1.29, 1.82) is 0 Å². The molecule has 0 saturated carbocycles. The number of ether oxygens (including phenoxy) is 5. The van der Waals surface area contributed by atoms with Crippen LogP contribution in [0.3, 0.4) is 0 Å². The quantitative estimate of drug-likeness (QED) is 0.0217. The number of benzene rings is 1. The predicted molar refractivity (Wildman–Crippen MR) is 205 cm³/mol. The largest absolute Gasteiger partial charge is 0.463 e. The predicted octanol–water partition coefficient (Wildman–Crippen LogP) is -0.934. The van der Waals surface area contributed by atoms with E-state index in [1.807, 2.05) is 0 Å². The molecule has 0 bridgehead atoms. The van der Waals surface area contributed by atoms with Crippen LogP contribution in [-0.4, -0.2) is 120 Å². The number of nitrogens with one attached hydrogen (secondary N) is 5. The van der Waals surface area contributed by atoms with Gasteiger partial charge in [0.15, 0.2) is 18.4 Å². The van der Waals surface area contributed by atoms with Gasteiger partial charge in [-0.3, -0.25) is 48.5 Å². The van der Waals surface area contributed by atoms with Gasteiger partial charge in [0.05, 0.1) is 11.0 Å². The molecule has 1 saturated heterocycles. The van der Waals surface area contributed by atoms with Crippen molar-refractivity contribution in [1.82, 2.24) is 26.6 Å². The molecule has 1 aromatic rings. The molecule has 0 aliphatic carbocycles. The highest BCUT2D eigenvalue weighted by Gasteiger charge is 2.51. The number of nitro benzene ring substituents is 1. The Morgan fingerprint density at radius 1 is 0.833 bits per heavy atom. The standard InChI is InChI=1S/C37H53N7O16/c1-19(45)39-17-9-8-10-26(38)33(51)41-27(34(52)43-37(6,7)36(53)59-25-13-11-24(12-14-25)44(54)55)15-16-29(50)42-35-30(40-20(2)46)32(58-23(5)49)31(57-22(4)48)28(60-35)18-56-21(3)47/h11-14,26-28,30-32,35H,8-10,15-18,38H2,1-7H3,(H,39,45)(H,40,46)(H,41,51)(H,42,50)(H,43,52)/t26-,27-,28+,30+,31+,32+,35+/m0/s1. The zero-order chi connectivity index (χ0) is 45.3. The van der Waals surface area contributed by atoms with Crippen LogP contribution in [-0.2, 0) is 62.1 Å². The van der Waals surface area contributed by atoms with Crippen LogP contribution in [0.15, 0.2) is 24.3 Å². The lowest BCUT2D eigenvalue weighted by molar-refractivity contribution is -0.384. The third kappa shape index (κ3) is 16.9. The summed E-state index contributed by atoms with van der Waals surface area (Å²) in [5, 5.41) is 23.6. The van der Waals surface area contributed by atoms with E-state index < -0.39 is 120 Å². The summed E-state index contributed by atoms with van der Waals surface area (Å²) in [4.78, 5) is 123. The lowest BCUT2D eigenvalue weighted by atomic mass is 9.94. The van der Waals surface area contributed by atoms with E-state index in [4.69, 9.17) is 29.4 Å². The normalized spacial score (nSPS) is 19.5. The molecule has 7 N–H and O–H groups in total. The molecule has 23 nitrogen and oxygen atoms in total. The van der Waals surface area contributed by atoms with Crippen molar-refractivity contribution in [3.05, 3.63) is 34.4 Å². The lowest BCUT2D eigenvalue weighted by Gasteiger charge is -2.45. The molecule has 1 heterocycles. The molecule has 1 fully saturated rings. The number of unbranched alkanes of at least 4 members (excludes halogenated alkanes) is 1. The summed E-state index contributed by atoms with van der Waals surface area (Å²) in [7, 11) is 0.